The van der Waals surface area contributed by atoms with E-state index in [2.05, 4.69) is 54.1 Å². The zero-order chi connectivity index (χ0) is 11.6. The first-order valence-corrected chi connectivity index (χ1v) is 5.97. The van der Waals surface area contributed by atoms with Crippen LogP contribution in [0.5, 0.6) is 0 Å². The summed E-state index contributed by atoms with van der Waals surface area (Å²) in [6, 6.07) is 0.449. The minimum absolute atomic E-state index is 0.115. The molecule has 1 heterocycles. The van der Waals surface area contributed by atoms with Crippen molar-refractivity contribution in [3.63, 3.8) is 0 Å². The first-order chi connectivity index (χ1) is 6.99. The molecule has 0 amide bonds. The summed E-state index contributed by atoms with van der Waals surface area (Å²) in [6.07, 6.45) is 1.82. The van der Waals surface area contributed by atoms with Crippen LogP contribution >= 0.6 is 15.9 Å². The smallest absolute Gasteiger partial charge is 0.0714 e. The van der Waals surface area contributed by atoms with Gasteiger partial charge in [0.25, 0.3) is 0 Å². The number of hydrogen-bond donors (Lipinski definition) is 2. The van der Waals surface area contributed by atoms with E-state index in [9.17, 15) is 0 Å². The van der Waals surface area contributed by atoms with Crippen LogP contribution in [-0.2, 0) is 0 Å². The van der Waals surface area contributed by atoms with Gasteiger partial charge in [-0.2, -0.15) is 5.10 Å². The fourth-order valence-corrected chi connectivity index (χ4v) is 2.16. The predicted octanol–water partition coefficient (Wildman–Crippen LogP) is 2.39. The molecule has 0 saturated carbocycles. The Morgan fingerprint density at radius 2 is 2.00 bits per heavy atom. The first-order valence-electron chi connectivity index (χ1n) is 5.18. The third-order valence-electron chi connectivity index (χ3n) is 2.42. The van der Waals surface area contributed by atoms with Crippen molar-refractivity contribution in [1.29, 1.82) is 0 Å². The minimum atomic E-state index is 0.115. The number of nitrogens with zero attached hydrogens (tertiary/aromatic N) is 2. The Bertz CT molecular complexity index is 319. The van der Waals surface area contributed by atoms with Crippen molar-refractivity contribution < 1.29 is 0 Å². The van der Waals surface area contributed by atoms with E-state index in [0.29, 0.717) is 12.0 Å². The SMILES string of the molecule is CC(C)C(NN)c1c(Br)cnn1C(C)C. The number of nitrogens with two attached hydrogens (primary N) is 1. The molecule has 3 N–H and O–H groups in total. The van der Waals surface area contributed by atoms with Gasteiger partial charge in [0.2, 0.25) is 0 Å². The lowest BCUT2D eigenvalue weighted by molar-refractivity contribution is 0.374. The van der Waals surface area contributed by atoms with Crippen molar-refractivity contribution in [3.05, 3.63) is 16.4 Å². The van der Waals surface area contributed by atoms with Crippen molar-refractivity contribution in [2.24, 2.45) is 11.8 Å². The second-order valence-corrected chi connectivity index (χ2v) is 5.16. The van der Waals surface area contributed by atoms with E-state index in [1.54, 1.807) is 0 Å². The highest BCUT2D eigenvalue weighted by Crippen LogP contribution is 2.29. The van der Waals surface area contributed by atoms with Crippen LogP contribution in [0.3, 0.4) is 0 Å². The summed E-state index contributed by atoms with van der Waals surface area (Å²) in [4.78, 5) is 0. The highest BCUT2D eigenvalue weighted by Gasteiger charge is 2.22. The van der Waals surface area contributed by atoms with Gasteiger partial charge in [0, 0.05) is 6.04 Å². The average molecular weight is 275 g/mol. The third-order valence-corrected chi connectivity index (χ3v) is 3.03. The number of aromatic nitrogens is 2. The van der Waals surface area contributed by atoms with Crippen molar-refractivity contribution in [3.8, 4) is 0 Å². The van der Waals surface area contributed by atoms with Crippen molar-refractivity contribution in [1.82, 2.24) is 15.2 Å². The summed E-state index contributed by atoms with van der Waals surface area (Å²) >= 11 is 3.52. The van der Waals surface area contributed by atoms with E-state index < -0.39 is 0 Å². The molecule has 0 aliphatic carbocycles. The molecule has 0 aliphatic heterocycles. The molecule has 0 saturated heterocycles. The van der Waals surface area contributed by atoms with E-state index >= 15 is 0 Å². The standard InChI is InChI=1S/C10H19BrN4/c1-6(2)9(14-12)10-8(11)5-13-15(10)7(3)4/h5-7,9,14H,12H2,1-4H3. The molecule has 0 spiro atoms. The molecule has 5 heteroatoms. The number of hydrogen-bond acceptors (Lipinski definition) is 3. The Kier molecular flexibility index (Phi) is 4.31. The van der Waals surface area contributed by atoms with Crippen molar-refractivity contribution in [2.45, 2.75) is 39.8 Å². The van der Waals surface area contributed by atoms with Crippen molar-refractivity contribution in [2.75, 3.05) is 0 Å². The summed E-state index contributed by atoms with van der Waals surface area (Å²) in [5.74, 6) is 6.01. The maximum Gasteiger partial charge on any atom is 0.0714 e. The molecule has 0 aromatic carbocycles. The average Bonchev–Trinajstić information content (AvgIpc) is 2.49. The molecule has 0 radical (unpaired) electrons. The van der Waals surface area contributed by atoms with Gasteiger partial charge in [0.15, 0.2) is 0 Å². The summed E-state index contributed by atoms with van der Waals surface area (Å²) in [5, 5.41) is 4.34. The van der Waals surface area contributed by atoms with Gasteiger partial charge in [0.1, 0.15) is 0 Å². The molecule has 0 fully saturated rings. The quantitative estimate of drug-likeness (QED) is 0.655. The van der Waals surface area contributed by atoms with Gasteiger partial charge >= 0.3 is 0 Å². The summed E-state index contributed by atoms with van der Waals surface area (Å²) in [5.41, 5.74) is 3.96. The van der Waals surface area contributed by atoms with E-state index in [4.69, 9.17) is 5.84 Å². The first kappa shape index (κ1) is 12.7. The molecule has 15 heavy (non-hydrogen) atoms. The molecule has 1 atom stereocenters. The fraction of sp³-hybridized carbons (Fsp3) is 0.700. The van der Waals surface area contributed by atoms with E-state index in [0.717, 1.165) is 10.2 Å². The summed E-state index contributed by atoms with van der Waals surface area (Å²) < 4.78 is 3.00. The zero-order valence-corrected chi connectivity index (χ0v) is 11.2. The van der Waals surface area contributed by atoms with Gasteiger partial charge in [0.05, 0.1) is 22.4 Å². The van der Waals surface area contributed by atoms with Crippen molar-refractivity contribution >= 4 is 15.9 Å². The van der Waals surface area contributed by atoms with Crippen LogP contribution in [0.2, 0.25) is 0 Å². The van der Waals surface area contributed by atoms with Gasteiger partial charge in [-0.1, -0.05) is 13.8 Å². The monoisotopic (exact) mass is 274 g/mol. The number of rotatable bonds is 4. The van der Waals surface area contributed by atoms with Gasteiger partial charge in [-0.15, -0.1) is 0 Å². The highest BCUT2D eigenvalue weighted by atomic mass is 79.9. The molecule has 0 aliphatic rings. The van der Waals surface area contributed by atoms with Gasteiger partial charge < -0.3 is 0 Å². The molecule has 1 aromatic heterocycles. The van der Waals surface area contributed by atoms with Crippen LogP contribution in [0.15, 0.2) is 10.7 Å². The number of halogens is 1. The Morgan fingerprint density at radius 1 is 1.40 bits per heavy atom. The largest absolute Gasteiger partial charge is 0.271 e. The van der Waals surface area contributed by atoms with Crippen LogP contribution in [-0.4, -0.2) is 9.78 Å². The van der Waals surface area contributed by atoms with Gasteiger partial charge in [-0.05, 0) is 35.7 Å². The molecule has 86 valence electrons. The lowest BCUT2D eigenvalue weighted by Crippen LogP contribution is -2.33. The lowest BCUT2D eigenvalue weighted by Gasteiger charge is -2.23. The van der Waals surface area contributed by atoms with E-state index in [1.807, 2.05) is 10.9 Å². The maximum absolute atomic E-state index is 5.59. The normalized spacial score (nSPS) is 13.9. The highest BCUT2D eigenvalue weighted by molar-refractivity contribution is 9.10. The predicted molar refractivity (Wildman–Crippen MR) is 65.2 cm³/mol. The van der Waals surface area contributed by atoms with Gasteiger partial charge in [-0.25, -0.2) is 0 Å². The lowest BCUT2D eigenvalue weighted by atomic mass is 10.0. The topological polar surface area (TPSA) is 55.9 Å². The third kappa shape index (κ3) is 2.59. The fourth-order valence-electron chi connectivity index (χ4n) is 1.64. The Balaban J connectivity index is 3.14. The number of hydrazine groups is 1. The molecular weight excluding hydrogens is 256 g/mol. The molecule has 1 rings (SSSR count). The van der Waals surface area contributed by atoms with Gasteiger partial charge in [-0.3, -0.25) is 16.0 Å². The Hall–Kier alpha value is -0.390. The van der Waals surface area contributed by atoms with Crippen LogP contribution in [0.25, 0.3) is 0 Å². The molecule has 1 unspecified atom stereocenters. The second kappa shape index (κ2) is 5.09. The molecule has 0 bridgehead atoms. The summed E-state index contributed by atoms with van der Waals surface area (Å²) in [7, 11) is 0. The summed E-state index contributed by atoms with van der Waals surface area (Å²) in [6.45, 7) is 8.48. The minimum Gasteiger partial charge on any atom is -0.271 e. The zero-order valence-electron chi connectivity index (χ0n) is 9.66. The second-order valence-electron chi connectivity index (χ2n) is 4.30. The Labute approximate surface area is 99.3 Å². The van der Waals surface area contributed by atoms with Crippen LogP contribution in [0.4, 0.5) is 0 Å². The van der Waals surface area contributed by atoms with E-state index in [-0.39, 0.29) is 6.04 Å². The Morgan fingerprint density at radius 3 is 2.40 bits per heavy atom. The maximum atomic E-state index is 5.59. The van der Waals surface area contributed by atoms with Crippen LogP contribution in [0, 0.1) is 5.92 Å². The molecule has 1 aromatic rings. The van der Waals surface area contributed by atoms with Crippen LogP contribution in [0.1, 0.15) is 45.5 Å². The number of nitrogens with one attached hydrogen (secondary N) is 1. The molecule has 4 nitrogen and oxygen atoms in total. The van der Waals surface area contributed by atoms with Crippen LogP contribution < -0.4 is 11.3 Å². The van der Waals surface area contributed by atoms with E-state index in [1.165, 1.54) is 0 Å². The molecular formula is C10H19BrN4.